The number of allylic oxidation sites excluding steroid dienone is 2. The number of hydrogen-bond acceptors (Lipinski definition) is 3. The highest BCUT2D eigenvalue weighted by Gasteiger charge is 2.87. The van der Waals surface area contributed by atoms with Gasteiger partial charge in [-0.25, -0.2) is 0 Å². The van der Waals surface area contributed by atoms with Crippen LogP contribution < -0.4 is 0 Å². The van der Waals surface area contributed by atoms with E-state index < -0.39 is 37.7 Å². The Hall–Kier alpha value is 0.580. The lowest BCUT2D eigenvalue weighted by Crippen LogP contribution is -2.50. The first-order chi connectivity index (χ1) is 11.6. The first-order valence-corrected chi connectivity index (χ1v) is 10.2. The van der Waals surface area contributed by atoms with E-state index in [1.807, 2.05) is 0 Å². The number of hydrogen-bond donors (Lipinski definition) is 0. The first-order valence-electron chi connectivity index (χ1n) is 7.91. The number of unbranched alkanes of at least 4 members (excludes halogenated alkanes) is 3. The number of halogens is 6. The largest absolute Gasteiger partial charge is 0.272 e. The van der Waals surface area contributed by atoms with Crippen LogP contribution in [0.15, 0.2) is 10.1 Å². The van der Waals surface area contributed by atoms with Crippen molar-refractivity contribution in [2.24, 2.45) is 11.8 Å². The van der Waals surface area contributed by atoms with Crippen LogP contribution in [0.2, 0.25) is 0 Å². The van der Waals surface area contributed by atoms with Gasteiger partial charge in [0.2, 0.25) is 0 Å². The smallest absolute Gasteiger partial charge is 0.259 e. The zero-order valence-electron chi connectivity index (χ0n) is 13.1. The molecule has 0 spiro atoms. The van der Waals surface area contributed by atoms with Crippen LogP contribution in [0.3, 0.4) is 0 Å². The van der Waals surface area contributed by atoms with Crippen LogP contribution in [0.1, 0.15) is 32.6 Å². The van der Waals surface area contributed by atoms with Crippen molar-refractivity contribution in [3.05, 3.63) is 10.1 Å². The molecule has 0 aromatic carbocycles. The lowest BCUT2D eigenvalue weighted by atomic mass is 9.84. The number of carbonyl (C=O) groups is 2. The average Bonchev–Trinajstić information content (AvgIpc) is 2.93. The minimum Gasteiger partial charge on any atom is -0.272 e. The number of fused-ring (bicyclic) bond motifs is 5. The molecule has 0 radical (unpaired) electrons. The van der Waals surface area contributed by atoms with Gasteiger partial charge >= 0.3 is 0 Å². The Bertz CT molecular complexity index is 622. The van der Waals surface area contributed by atoms with Crippen LogP contribution in [0.25, 0.3) is 0 Å². The maximum Gasteiger partial charge on any atom is 0.259 e. The van der Waals surface area contributed by atoms with Gasteiger partial charge in [0.05, 0.1) is 28.5 Å². The number of imide groups is 1. The SMILES string of the molecule is CCCCCCON1C(=O)[C@@H]2[C@H](C1=O)[C@]1(Cl)C(Cl)=C(Cl)[C@]2(Cl)C1(Cl)Cl. The van der Waals surface area contributed by atoms with E-state index in [-0.39, 0.29) is 16.7 Å². The summed E-state index contributed by atoms with van der Waals surface area (Å²) >= 11 is 38.3. The van der Waals surface area contributed by atoms with Gasteiger partial charge in [0.15, 0.2) is 4.33 Å². The molecule has 0 aromatic heterocycles. The third-order valence-electron chi connectivity index (χ3n) is 5.09. The normalized spacial score (nSPS) is 38.9. The minimum atomic E-state index is -1.91. The van der Waals surface area contributed by atoms with Gasteiger partial charge in [-0.1, -0.05) is 72.6 Å². The Morgan fingerprint density at radius 1 is 0.920 bits per heavy atom. The fourth-order valence-corrected chi connectivity index (χ4v) is 6.71. The van der Waals surface area contributed by atoms with Crippen molar-refractivity contribution in [1.29, 1.82) is 0 Å². The number of nitrogens with zero attached hydrogens (tertiary/aromatic N) is 1. The average molecular weight is 470 g/mol. The molecule has 3 rings (SSSR count). The van der Waals surface area contributed by atoms with Gasteiger partial charge in [-0.15, -0.1) is 23.2 Å². The molecule has 25 heavy (non-hydrogen) atoms. The number of hydroxylamine groups is 2. The third kappa shape index (κ3) is 2.31. The molecule has 2 aliphatic carbocycles. The summed E-state index contributed by atoms with van der Waals surface area (Å²) in [4.78, 5) is 27.4. The zero-order chi connectivity index (χ0) is 18.8. The molecular formula is C15H15Cl6NO3. The molecular weight excluding hydrogens is 455 g/mol. The van der Waals surface area contributed by atoms with Gasteiger partial charge in [0.1, 0.15) is 9.75 Å². The van der Waals surface area contributed by atoms with Crippen molar-refractivity contribution >= 4 is 81.4 Å². The molecule has 1 saturated heterocycles. The van der Waals surface area contributed by atoms with Gasteiger partial charge < -0.3 is 0 Å². The molecule has 1 saturated carbocycles. The highest BCUT2D eigenvalue weighted by Crippen LogP contribution is 2.77. The molecule has 2 bridgehead atoms. The standard InChI is InChI=1S/C15H15Cl6NO3/c1-2-3-4-5-6-25-22-11(23)7-8(12(22)24)14(19)10(17)9(16)13(7,18)15(14,20)21/h7-8H,2-6H2,1H3/t7-,8+,13-,14-/m0/s1. The number of carbonyl (C=O) groups excluding carboxylic acids is 2. The van der Waals surface area contributed by atoms with Crippen molar-refractivity contribution in [2.75, 3.05) is 6.61 Å². The van der Waals surface area contributed by atoms with E-state index in [9.17, 15) is 9.59 Å². The number of alkyl halides is 4. The summed E-state index contributed by atoms with van der Waals surface area (Å²) in [6.07, 6.45) is 3.75. The second-order valence-corrected chi connectivity index (χ2v) is 9.72. The molecule has 2 amide bonds. The van der Waals surface area contributed by atoms with Crippen molar-refractivity contribution in [2.45, 2.75) is 46.7 Å². The van der Waals surface area contributed by atoms with Crippen LogP contribution in [0.5, 0.6) is 0 Å². The van der Waals surface area contributed by atoms with Gasteiger partial charge in [-0.05, 0) is 6.42 Å². The Balaban J connectivity index is 1.88. The summed E-state index contributed by atoms with van der Waals surface area (Å²) in [7, 11) is 0. The lowest BCUT2D eigenvalue weighted by molar-refractivity contribution is -0.190. The summed E-state index contributed by atoms with van der Waals surface area (Å²) in [6.45, 7) is 2.31. The fraction of sp³-hybridized carbons (Fsp3) is 0.733. The monoisotopic (exact) mass is 467 g/mol. The van der Waals surface area contributed by atoms with E-state index in [0.717, 1.165) is 19.3 Å². The Kier molecular flexibility index (Phi) is 5.35. The lowest BCUT2D eigenvalue weighted by Gasteiger charge is -2.34. The van der Waals surface area contributed by atoms with Gasteiger partial charge in [0, 0.05) is 0 Å². The summed E-state index contributed by atoms with van der Waals surface area (Å²) < 4.78 is -1.91. The zero-order valence-corrected chi connectivity index (χ0v) is 17.7. The molecule has 4 atom stereocenters. The van der Waals surface area contributed by atoms with E-state index in [4.69, 9.17) is 74.4 Å². The molecule has 1 heterocycles. The van der Waals surface area contributed by atoms with Crippen LogP contribution in [0, 0.1) is 11.8 Å². The Morgan fingerprint density at radius 2 is 1.40 bits per heavy atom. The highest BCUT2D eigenvalue weighted by atomic mass is 35.5. The summed E-state index contributed by atoms with van der Waals surface area (Å²) in [5, 5.41) is 0.490. The van der Waals surface area contributed by atoms with E-state index in [2.05, 4.69) is 6.92 Å². The Morgan fingerprint density at radius 3 is 1.84 bits per heavy atom. The molecule has 1 aliphatic heterocycles. The molecule has 10 heteroatoms. The molecule has 3 aliphatic rings. The van der Waals surface area contributed by atoms with Gasteiger partial charge in [-0.2, -0.15) is 5.06 Å². The van der Waals surface area contributed by atoms with E-state index in [1.54, 1.807) is 0 Å². The topological polar surface area (TPSA) is 46.6 Å². The summed E-state index contributed by atoms with van der Waals surface area (Å²) in [6, 6.07) is 0. The fourth-order valence-electron chi connectivity index (χ4n) is 3.78. The van der Waals surface area contributed by atoms with Crippen molar-refractivity contribution in [3.63, 3.8) is 0 Å². The molecule has 0 N–H and O–H groups in total. The second kappa shape index (κ2) is 6.58. The number of amides is 2. The molecule has 4 nitrogen and oxygen atoms in total. The van der Waals surface area contributed by atoms with E-state index >= 15 is 0 Å². The first kappa shape index (κ1) is 20.3. The van der Waals surface area contributed by atoms with E-state index in [1.165, 1.54) is 0 Å². The molecule has 140 valence electrons. The maximum absolute atomic E-state index is 12.8. The quantitative estimate of drug-likeness (QED) is 0.314. The predicted octanol–water partition coefficient (Wildman–Crippen LogP) is 4.95. The van der Waals surface area contributed by atoms with Crippen LogP contribution in [0.4, 0.5) is 0 Å². The summed E-state index contributed by atoms with van der Waals surface area (Å²) in [5.41, 5.74) is 0. The van der Waals surface area contributed by atoms with Crippen molar-refractivity contribution in [1.82, 2.24) is 5.06 Å². The third-order valence-corrected chi connectivity index (χ3v) is 9.35. The number of rotatable bonds is 6. The van der Waals surface area contributed by atoms with Crippen LogP contribution in [-0.4, -0.2) is 37.6 Å². The molecule has 0 unspecified atom stereocenters. The van der Waals surface area contributed by atoms with E-state index in [0.29, 0.717) is 11.5 Å². The van der Waals surface area contributed by atoms with Crippen LogP contribution in [-0.2, 0) is 14.4 Å². The molecule has 0 aromatic rings. The summed E-state index contributed by atoms with van der Waals surface area (Å²) in [5.74, 6) is -3.59. The van der Waals surface area contributed by atoms with Crippen LogP contribution >= 0.6 is 69.6 Å². The second-order valence-electron chi connectivity index (χ2n) is 6.45. The maximum atomic E-state index is 12.8. The highest BCUT2D eigenvalue weighted by molar-refractivity contribution is 6.66. The van der Waals surface area contributed by atoms with Gasteiger partial charge in [0.25, 0.3) is 11.8 Å². The Labute approximate surface area is 175 Å². The predicted molar refractivity (Wildman–Crippen MR) is 99.3 cm³/mol. The van der Waals surface area contributed by atoms with Crippen molar-refractivity contribution in [3.8, 4) is 0 Å². The molecule has 2 fully saturated rings. The van der Waals surface area contributed by atoms with Gasteiger partial charge in [-0.3, -0.25) is 14.4 Å². The minimum absolute atomic E-state index is 0.108. The van der Waals surface area contributed by atoms with Crippen molar-refractivity contribution < 1.29 is 14.4 Å².